The predicted molar refractivity (Wildman–Crippen MR) is 102 cm³/mol. The van der Waals surface area contributed by atoms with E-state index in [1.54, 1.807) is 19.1 Å². The number of hydrogen-bond acceptors (Lipinski definition) is 4. The maximum atomic E-state index is 14.0. The summed E-state index contributed by atoms with van der Waals surface area (Å²) in [5.41, 5.74) is 0.473. The van der Waals surface area contributed by atoms with E-state index in [9.17, 15) is 13.6 Å². The molecule has 0 spiro atoms. The summed E-state index contributed by atoms with van der Waals surface area (Å²) in [6, 6.07) is 5.70. The van der Waals surface area contributed by atoms with Gasteiger partial charge in [-0.2, -0.15) is 0 Å². The molecular formula is C21H25F2NO4. The zero-order valence-electron chi connectivity index (χ0n) is 16.5. The lowest BCUT2D eigenvalue weighted by molar-refractivity contribution is 0.0938. The van der Waals surface area contributed by atoms with Gasteiger partial charge in [-0.1, -0.05) is 6.07 Å². The van der Waals surface area contributed by atoms with Crippen LogP contribution < -0.4 is 19.5 Å². The molecule has 1 unspecified atom stereocenters. The van der Waals surface area contributed by atoms with Gasteiger partial charge in [-0.05, 0) is 45.9 Å². The SMILES string of the molecule is CCOc1cc(C(=O)NC(C)c2ccc(F)cc2F)cc(OCC)c1OCC. The highest BCUT2D eigenvalue weighted by molar-refractivity contribution is 5.95. The van der Waals surface area contributed by atoms with Gasteiger partial charge in [-0.15, -0.1) is 0 Å². The molecule has 0 bridgehead atoms. The molecule has 1 atom stereocenters. The van der Waals surface area contributed by atoms with Crippen molar-refractivity contribution < 1.29 is 27.8 Å². The van der Waals surface area contributed by atoms with Crippen molar-refractivity contribution in [3.63, 3.8) is 0 Å². The van der Waals surface area contributed by atoms with Gasteiger partial charge >= 0.3 is 0 Å². The highest BCUT2D eigenvalue weighted by Crippen LogP contribution is 2.39. The van der Waals surface area contributed by atoms with Crippen molar-refractivity contribution >= 4 is 5.91 Å². The van der Waals surface area contributed by atoms with Gasteiger partial charge in [0.15, 0.2) is 11.5 Å². The molecule has 1 amide bonds. The van der Waals surface area contributed by atoms with Crippen LogP contribution >= 0.6 is 0 Å². The molecule has 0 aliphatic heterocycles. The van der Waals surface area contributed by atoms with Crippen LogP contribution in [0.15, 0.2) is 30.3 Å². The third-order valence-electron chi connectivity index (χ3n) is 3.95. The van der Waals surface area contributed by atoms with Crippen LogP contribution in [0.2, 0.25) is 0 Å². The van der Waals surface area contributed by atoms with E-state index in [4.69, 9.17) is 14.2 Å². The molecule has 5 nitrogen and oxygen atoms in total. The van der Waals surface area contributed by atoms with Gasteiger partial charge in [0.25, 0.3) is 5.91 Å². The predicted octanol–water partition coefficient (Wildman–Crippen LogP) is 4.65. The van der Waals surface area contributed by atoms with E-state index in [0.717, 1.165) is 12.1 Å². The van der Waals surface area contributed by atoms with Crippen molar-refractivity contribution in [3.05, 3.63) is 53.1 Å². The summed E-state index contributed by atoms with van der Waals surface area (Å²) in [5.74, 6) is -0.623. The first-order valence-corrected chi connectivity index (χ1v) is 9.23. The second-order valence-corrected chi connectivity index (χ2v) is 5.96. The summed E-state index contributed by atoms with van der Waals surface area (Å²) in [6.45, 7) is 8.28. The molecule has 0 aromatic heterocycles. The molecule has 0 aliphatic carbocycles. The Morgan fingerprint density at radius 3 is 2.04 bits per heavy atom. The third kappa shape index (κ3) is 5.12. The van der Waals surface area contributed by atoms with Crippen molar-refractivity contribution in [2.45, 2.75) is 33.7 Å². The van der Waals surface area contributed by atoms with Crippen molar-refractivity contribution in [1.82, 2.24) is 5.32 Å². The lowest BCUT2D eigenvalue weighted by atomic mass is 10.1. The first-order chi connectivity index (χ1) is 13.4. The first-order valence-electron chi connectivity index (χ1n) is 9.23. The molecule has 0 heterocycles. The molecule has 7 heteroatoms. The Kier molecular flexibility index (Phi) is 7.61. The summed E-state index contributed by atoms with van der Waals surface area (Å²) in [4.78, 5) is 12.7. The fraction of sp³-hybridized carbons (Fsp3) is 0.381. The number of hydrogen-bond donors (Lipinski definition) is 1. The van der Waals surface area contributed by atoms with E-state index in [-0.39, 0.29) is 11.1 Å². The zero-order chi connectivity index (χ0) is 20.7. The maximum Gasteiger partial charge on any atom is 0.252 e. The van der Waals surface area contributed by atoms with E-state index in [1.165, 1.54) is 6.07 Å². The summed E-state index contributed by atoms with van der Waals surface area (Å²) in [5, 5.41) is 2.71. The van der Waals surface area contributed by atoms with Crippen LogP contribution in [0.1, 0.15) is 49.7 Å². The Bertz CT molecular complexity index is 799. The van der Waals surface area contributed by atoms with Crippen molar-refractivity contribution in [2.75, 3.05) is 19.8 Å². The quantitative estimate of drug-likeness (QED) is 0.674. The van der Waals surface area contributed by atoms with Crippen molar-refractivity contribution in [2.24, 2.45) is 0 Å². The highest BCUT2D eigenvalue weighted by Gasteiger charge is 2.20. The van der Waals surface area contributed by atoms with Crippen LogP contribution in [0.4, 0.5) is 8.78 Å². The van der Waals surface area contributed by atoms with Crippen molar-refractivity contribution in [1.29, 1.82) is 0 Å². The van der Waals surface area contributed by atoms with E-state index in [2.05, 4.69) is 5.32 Å². The van der Waals surface area contributed by atoms with E-state index >= 15 is 0 Å². The van der Waals surface area contributed by atoms with Crippen molar-refractivity contribution in [3.8, 4) is 17.2 Å². The Morgan fingerprint density at radius 1 is 0.964 bits per heavy atom. The zero-order valence-corrected chi connectivity index (χ0v) is 16.5. The van der Waals surface area contributed by atoms with Gasteiger partial charge in [0.1, 0.15) is 11.6 Å². The van der Waals surface area contributed by atoms with Gasteiger partial charge < -0.3 is 19.5 Å². The van der Waals surface area contributed by atoms with E-state index in [0.29, 0.717) is 37.1 Å². The average molecular weight is 393 g/mol. The average Bonchev–Trinajstić information content (AvgIpc) is 2.64. The normalized spacial score (nSPS) is 11.6. The largest absolute Gasteiger partial charge is 0.490 e. The van der Waals surface area contributed by atoms with Crippen LogP contribution in [0, 0.1) is 11.6 Å². The second kappa shape index (κ2) is 9.92. The molecule has 28 heavy (non-hydrogen) atoms. The Morgan fingerprint density at radius 2 is 1.54 bits per heavy atom. The molecule has 0 saturated heterocycles. The molecule has 2 aromatic rings. The summed E-state index contributed by atoms with van der Waals surface area (Å²) in [6.07, 6.45) is 0. The molecule has 0 radical (unpaired) electrons. The molecule has 2 aromatic carbocycles. The van der Waals surface area contributed by atoms with Gasteiger partial charge in [0.2, 0.25) is 5.75 Å². The minimum Gasteiger partial charge on any atom is -0.490 e. The van der Waals surface area contributed by atoms with Gasteiger partial charge in [-0.3, -0.25) is 4.79 Å². The number of carbonyl (C=O) groups excluding carboxylic acids is 1. The number of benzene rings is 2. The Hall–Kier alpha value is -2.83. The fourth-order valence-electron chi connectivity index (χ4n) is 2.73. The van der Waals surface area contributed by atoms with Crippen LogP contribution in [-0.4, -0.2) is 25.7 Å². The number of rotatable bonds is 9. The maximum absolute atomic E-state index is 14.0. The van der Waals surface area contributed by atoms with E-state index < -0.39 is 23.6 Å². The smallest absolute Gasteiger partial charge is 0.252 e. The lowest BCUT2D eigenvalue weighted by Gasteiger charge is -2.19. The summed E-state index contributed by atoms with van der Waals surface area (Å²) >= 11 is 0. The van der Waals surface area contributed by atoms with Crippen LogP contribution in [0.5, 0.6) is 17.2 Å². The van der Waals surface area contributed by atoms with Crippen LogP contribution in [0.3, 0.4) is 0 Å². The molecule has 1 N–H and O–H groups in total. The summed E-state index contributed by atoms with van der Waals surface area (Å²) < 4.78 is 43.9. The Labute approximate surface area is 163 Å². The first kappa shape index (κ1) is 21.5. The van der Waals surface area contributed by atoms with Gasteiger partial charge in [0.05, 0.1) is 25.9 Å². The second-order valence-electron chi connectivity index (χ2n) is 5.96. The Balaban J connectivity index is 2.32. The van der Waals surface area contributed by atoms with Gasteiger partial charge in [-0.25, -0.2) is 8.78 Å². The summed E-state index contributed by atoms with van der Waals surface area (Å²) in [7, 11) is 0. The fourth-order valence-corrected chi connectivity index (χ4v) is 2.73. The minimum atomic E-state index is -0.718. The topological polar surface area (TPSA) is 56.8 Å². The number of carbonyl (C=O) groups is 1. The molecule has 0 fully saturated rings. The molecule has 152 valence electrons. The van der Waals surface area contributed by atoms with Gasteiger partial charge in [0, 0.05) is 17.2 Å². The number of nitrogens with one attached hydrogen (secondary N) is 1. The van der Waals surface area contributed by atoms with Crippen LogP contribution in [-0.2, 0) is 0 Å². The number of amides is 1. The highest BCUT2D eigenvalue weighted by atomic mass is 19.1. The van der Waals surface area contributed by atoms with E-state index in [1.807, 2.05) is 20.8 Å². The molecule has 0 aliphatic rings. The molecule has 0 saturated carbocycles. The minimum absolute atomic E-state index is 0.191. The third-order valence-corrected chi connectivity index (χ3v) is 3.95. The standard InChI is InChI=1S/C21H25F2NO4/c1-5-26-18-10-14(11-19(27-6-2)20(18)28-7-3)21(25)24-13(4)16-9-8-15(22)12-17(16)23/h8-13H,5-7H2,1-4H3,(H,24,25). The molecular weight excluding hydrogens is 368 g/mol. The number of ether oxygens (including phenoxy) is 3. The molecule has 2 rings (SSSR count). The monoisotopic (exact) mass is 393 g/mol. The number of halogens is 2. The lowest BCUT2D eigenvalue weighted by Crippen LogP contribution is -2.27. The van der Waals surface area contributed by atoms with Crippen LogP contribution in [0.25, 0.3) is 0 Å².